The Kier molecular flexibility index (Phi) is 4.01. The number of nitrogens with zero attached hydrogens (tertiary/aromatic N) is 3. The molecular weight excluding hydrogens is 294 g/mol. The summed E-state index contributed by atoms with van der Waals surface area (Å²) >= 11 is 0. The van der Waals surface area contributed by atoms with E-state index in [0.717, 1.165) is 28.1 Å². The molecule has 1 aromatic heterocycles. The van der Waals surface area contributed by atoms with Crippen LogP contribution < -0.4 is 5.43 Å². The summed E-state index contributed by atoms with van der Waals surface area (Å²) in [5.74, 6) is 0.790. The molecule has 0 aliphatic rings. The third-order valence-electron chi connectivity index (χ3n) is 3.43. The number of nitro benzene ring substituents is 1. The Bertz CT molecular complexity index is 835. The quantitative estimate of drug-likeness (QED) is 0.430. The fourth-order valence-corrected chi connectivity index (χ4v) is 2.36. The lowest BCUT2D eigenvalue weighted by atomic mass is 10.1. The molecule has 7 nitrogen and oxygen atoms in total. The number of para-hydroxylation sites is 2. The minimum atomic E-state index is -0.419. The van der Waals surface area contributed by atoms with Crippen molar-refractivity contribution in [2.75, 3.05) is 7.05 Å². The van der Waals surface area contributed by atoms with E-state index in [1.54, 1.807) is 19.2 Å². The maximum Gasteiger partial charge on any atom is 0.269 e. The van der Waals surface area contributed by atoms with E-state index >= 15 is 0 Å². The van der Waals surface area contributed by atoms with Gasteiger partial charge in [-0.25, -0.2) is 4.98 Å². The number of rotatable bonds is 5. The molecule has 0 fully saturated rings. The number of aromatic nitrogens is 2. The molecule has 1 heterocycles. The van der Waals surface area contributed by atoms with Gasteiger partial charge in [-0.05, 0) is 29.8 Å². The van der Waals surface area contributed by atoms with Gasteiger partial charge in [0.05, 0.1) is 28.1 Å². The number of hydrogen-bond donors (Lipinski definition) is 2. The minimum Gasteiger partial charge on any atom is -0.342 e. The predicted molar refractivity (Wildman–Crippen MR) is 88.5 cm³/mol. The SMILES string of the molecule is CN/N=C(\Cc1nc2ccccc2[nH]1)c1ccc([N+](=O)[O-])cc1. The smallest absolute Gasteiger partial charge is 0.269 e. The molecule has 3 aromatic rings. The van der Waals surface area contributed by atoms with Crippen molar-refractivity contribution in [2.24, 2.45) is 5.10 Å². The number of hydrazone groups is 1. The lowest BCUT2D eigenvalue weighted by Gasteiger charge is -2.05. The van der Waals surface area contributed by atoms with Crippen LogP contribution in [0.5, 0.6) is 0 Å². The number of nitro groups is 1. The standard InChI is InChI=1S/C16H15N5O2/c1-17-20-15(11-6-8-12(9-7-11)21(22)23)10-16-18-13-4-2-3-5-14(13)19-16/h2-9,17H,10H2,1H3,(H,18,19)/b20-15+. The summed E-state index contributed by atoms with van der Waals surface area (Å²) in [5, 5.41) is 15.0. The first-order valence-corrected chi connectivity index (χ1v) is 7.09. The van der Waals surface area contributed by atoms with Gasteiger partial charge >= 0.3 is 0 Å². The van der Waals surface area contributed by atoms with Crippen LogP contribution in [-0.2, 0) is 6.42 Å². The molecule has 0 bridgehead atoms. The third-order valence-corrected chi connectivity index (χ3v) is 3.43. The van der Waals surface area contributed by atoms with Crippen molar-refractivity contribution in [3.05, 3.63) is 70.0 Å². The number of non-ortho nitro benzene ring substituents is 1. The maximum absolute atomic E-state index is 10.7. The van der Waals surface area contributed by atoms with Crippen molar-refractivity contribution in [3.63, 3.8) is 0 Å². The van der Waals surface area contributed by atoms with Crippen LogP contribution >= 0.6 is 0 Å². The van der Waals surface area contributed by atoms with E-state index < -0.39 is 4.92 Å². The number of imidazole rings is 1. The molecule has 0 spiro atoms. The molecule has 7 heteroatoms. The highest BCUT2D eigenvalue weighted by molar-refractivity contribution is 6.01. The van der Waals surface area contributed by atoms with Crippen molar-refractivity contribution in [3.8, 4) is 0 Å². The summed E-state index contributed by atoms with van der Waals surface area (Å²) in [6.07, 6.45) is 0.493. The summed E-state index contributed by atoms with van der Waals surface area (Å²) < 4.78 is 0. The van der Waals surface area contributed by atoms with Crippen LogP contribution in [0.2, 0.25) is 0 Å². The van der Waals surface area contributed by atoms with Gasteiger partial charge in [0.25, 0.3) is 5.69 Å². The molecule has 0 aliphatic heterocycles. The summed E-state index contributed by atoms with van der Waals surface area (Å²) in [6.45, 7) is 0. The number of fused-ring (bicyclic) bond motifs is 1. The number of nitrogens with one attached hydrogen (secondary N) is 2. The van der Waals surface area contributed by atoms with Crippen LogP contribution in [0.4, 0.5) is 5.69 Å². The third kappa shape index (κ3) is 3.18. The van der Waals surface area contributed by atoms with Gasteiger partial charge in [-0.15, -0.1) is 0 Å². The predicted octanol–water partition coefficient (Wildman–Crippen LogP) is 2.64. The van der Waals surface area contributed by atoms with Gasteiger partial charge in [0.15, 0.2) is 0 Å². The van der Waals surface area contributed by atoms with Gasteiger partial charge in [0, 0.05) is 19.2 Å². The van der Waals surface area contributed by atoms with Gasteiger partial charge in [0.1, 0.15) is 5.82 Å². The van der Waals surface area contributed by atoms with Crippen LogP contribution in [0.3, 0.4) is 0 Å². The topological polar surface area (TPSA) is 96.2 Å². The molecule has 0 saturated heterocycles. The van der Waals surface area contributed by atoms with Crippen molar-refractivity contribution in [1.29, 1.82) is 0 Å². The number of H-pyrrole nitrogens is 1. The normalized spacial score (nSPS) is 11.6. The van der Waals surface area contributed by atoms with Crippen molar-refractivity contribution < 1.29 is 4.92 Å². The number of aromatic amines is 1. The average Bonchev–Trinajstić information content (AvgIpc) is 2.97. The second-order valence-corrected chi connectivity index (χ2v) is 4.96. The molecule has 2 aromatic carbocycles. The molecule has 3 rings (SSSR count). The Morgan fingerprint density at radius 3 is 2.65 bits per heavy atom. The first kappa shape index (κ1) is 14.7. The molecule has 23 heavy (non-hydrogen) atoms. The van der Waals surface area contributed by atoms with E-state index in [1.165, 1.54) is 12.1 Å². The lowest BCUT2D eigenvalue weighted by Crippen LogP contribution is -2.11. The second kappa shape index (κ2) is 6.27. The number of benzene rings is 2. The van der Waals surface area contributed by atoms with E-state index in [9.17, 15) is 10.1 Å². The Hall–Kier alpha value is -3.22. The van der Waals surface area contributed by atoms with Gasteiger partial charge in [-0.2, -0.15) is 5.10 Å². The van der Waals surface area contributed by atoms with E-state index in [-0.39, 0.29) is 5.69 Å². The Balaban J connectivity index is 1.89. The van der Waals surface area contributed by atoms with Crippen LogP contribution in [0, 0.1) is 10.1 Å². The average molecular weight is 309 g/mol. The van der Waals surface area contributed by atoms with Gasteiger partial charge in [-0.1, -0.05) is 12.1 Å². The lowest BCUT2D eigenvalue weighted by molar-refractivity contribution is -0.384. The molecule has 0 atom stereocenters. The fraction of sp³-hybridized carbons (Fsp3) is 0.125. The molecule has 0 saturated carbocycles. The zero-order chi connectivity index (χ0) is 16.2. The molecule has 0 aliphatic carbocycles. The van der Waals surface area contributed by atoms with Crippen molar-refractivity contribution in [1.82, 2.24) is 15.4 Å². The molecular formula is C16H15N5O2. The Labute approximate surface area is 132 Å². The Morgan fingerprint density at radius 2 is 2.00 bits per heavy atom. The first-order valence-electron chi connectivity index (χ1n) is 7.09. The van der Waals surface area contributed by atoms with Crippen LogP contribution in [-0.4, -0.2) is 27.7 Å². The van der Waals surface area contributed by atoms with Crippen LogP contribution in [0.25, 0.3) is 11.0 Å². The number of hydrogen-bond acceptors (Lipinski definition) is 5. The van der Waals surface area contributed by atoms with E-state index in [4.69, 9.17) is 0 Å². The largest absolute Gasteiger partial charge is 0.342 e. The zero-order valence-electron chi connectivity index (χ0n) is 12.5. The highest BCUT2D eigenvalue weighted by Gasteiger charge is 2.11. The summed E-state index contributed by atoms with van der Waals surface area (Å²) in [7, 11) is 1.71. The minimum absolute atomic E-state index is 0.0568. The Morgan fingerprint density at radius 1 is 1.26 bits per heavy atom. The molecule has 2 N–H and O–H groups in total. The van der Waals surface area contributed by atoms with Gasteiger partial charge in [-0.3, -0.25) is 10.1 Å². The molecule has 0 amide bonds. The summed E-state index contributed by atoms with van der Waals surface area (Å²) in [5.41, 5.74) is 6.25. The maximum atomic E-state index is 10.7. The van der Waals surface area contributed by atoms with E-state index in [1.807, 2.05) is 24.3 Å². The first-order chi connectivity index (χ1) is 11.2. The summed E-state index contributed by atoms with van der Waals surface area (Å²) in [4.78, 5) is 18.1. The monoisotopic (exact) mass is 309 g/mol. The van der Waals surface area contributed by atoms with E-state index in [0.29, 0.717) is 6.42 Å². The van der Waals surface area contributed by atoms with Crippen LogP contribution in [0.15, 0.2) is 53.6 Å². The van der Waals surface area contributed by atoms with E-state index in [2.05, 4.69) is 20.5 Å². The van der Waals surface area contributed by atoms with Gasteiger partial charge < -0.3 is 10.4 Å². The molecule has 116 valence electrons. The fourth-order valence-electron chi connectivity index (χ4n) is 2.36. The van der Waals surface area contributed by atoms with Crippen molar-refractivity contribution in [2.45, 2.75) is 6.42 Å². The van der Waals surface area contributed by atoms with Gasteiger partial charge in [0.2, 0.25) is 0 Å². The van der Waals surface area contributed by atoms with Crippen molar-refractivity contribution >= 4 is 22.4 Å². The second-order valence-electron chi connectivity index (χ2n) is 4.96. The highest BCUT2D eigenvalue weighted by Crippen LogP contribution is 2.16. The summed E-state index contributed by atoms with van der Waals surface area (Å²) in [6, 6.07) is 14.1. The molecule has 0 unspecified atom stereocenters. The van der Waals surface area contributed by atoms with Crippen LogP contribution in [0.1, 0.15) is 11.4 Å². The highest BCUT2D eigenvalue weighted by atomic mass is 16.6. The molecule has 0 radical (unpaired) electrons. The zero-order valence-corrected chi connectivity index (χ0v) is 12.5.